The number of benzene rings is 2. The molecule has 0 atom stereocenters. The Hall–Kier alpha value is -3.41. The van der Waals surface area contributed by atoms with E-state index >= 15 is 0 Å². The van der Waals surface area contributed by atoms with E-state index in [0.717, 1.165) is 43.2 Å². The van der Waals surface area contributed by atoms with Crippen LogP contribution in [0, 0.1) is 5.92 Å². The molecule has 1 aliphatic heterocycles. The Morgan fingerprint density at radius 3 is 2.50 bits per heavy atom. The largest absolute Gasteiger partial charge is 0.457 e. The lowest BCUT2D eigenvalue weighted by molar-refractivity contribution is -0.120. The van der Waals surface area contributed by atoms with Crippen LogP contribution in [0.2, 0.25) is 0 Å². The number of nitrogens with one attached hydrogen (secondary N) is 1. The number of piperidine rings is 1. The maximum Gasteiger partial charge on any atom is 0.227 e. The fraction of sp³-hybridized carbons (Fsp3) is 0.227. The third-order valence-electron chi connectivity index (χ3n) is 4.83. The van der Waals surface area contributed by atoms with E-state index in [0.29, 0.717) is 5.75 Å². The third-order valence-corrected chi connectivity index (χ3v) is 4.83. The van der Waals surface area contributed by atoms with Crippen LogP contribution in [-0.2, 0) is 4.79 Å². The predicted octanol–water partition coefficient (Wildman–Crippen LogP) is 4.12. The van der Waals surface area contributed by atoms with E-state index < -0.39 is 0 Å². The van der Waals surface area contributed by atoms with Crippen LogP contribution in [0.3, 0.4) is 0 Å². The first-order chi connectivity index (χ1) is 13.8. The van der Waals surface area contributed by atoms with Crippen molar-refractivity contribution in [2.24, 2.45) is 5.92 Å². The van der Waals surface area contributed by atoms with Gasteiger partial charge in [-0.05, 0) is 49.2 Å². The molecule has 0 spiro atoms. The van der Waals surface area contributed by atoms with Gasteiger partial charge in [-0.3, -0.25) is 4.79 Å². The zero-order valence-corrected chi connectivity index (χ0v) is 15.5. The molecule has 0 aliphatic carbocycles. The second-order valence-corrected chi connectivity index (χ2v) is 6.78. The molecule has 0 radical (unpaired) electrons. The van der Waals surface area contributed by atoms with Gasteiger partial charge >= 0.3 is 0 Å². The van der Waals surface area contributed by atoms with Crippen LogP contribution in [0.5, 0.6) is 11.5 Å². The topological polar surface area (TPSA) is 67.3 Å². The first-order valence-corrected chi connectivity index (χ1v) is 9.44. The van der Waals surface area contributed by atoms with E-state index in [1.165, 1.54) is 0 Å². The molecule has 1 saturated heterocycles. The molecular formula is C22H22N4O2. The molecular weight excluding hydrogens is 352 g/mol. The van der Waals surface area contributed by atoms with Gasteiger partial charge < -0.3 is 15.0 Å². The van der Waals surface area contributed by atoms with Gasteiger partial charge in [-0.2, -0.15) is 5.10 Å². The summed E-state index contributed by atoms with van der Waals surface area (Å²) in [6.45, 7) is 1.60. The van der Waals surface area contributed by atoms with Gasteiger partial charge in [-0.15, -0.1) is 5.10 Å². The zero-order chi connectivity index (χ0) is 19.2. The van der Waals surface area contributed by atoms with Crippen LogP contribution in [0.4, 0.5) is 11.5 Å². The summed E-state index contributed by atoms with van der Waals surface area (Å²) >= 11 is 0. The van der Waals surface area contributed by atoms with Crippen molar-refractivity contribution >= 4 is 17.4 Å². The first kappa shape index (κ1) is 18.0. The summed E-state index contributed by atoms with van der Waals surface area (Å²) in [5.41, 5.74) is 0.745. The molecule has 2 aromatic carbocycles. The Bertz CT molecular complexity index is 910. The lowest BCUT2D eigenvalue weighted by atomic mass is 9.96. The standard InChI is InChI=1S/C22H22N4O2/c27-22(17-11-14-26(15-12-17)21-10-5-13-23-25-21)24-18-6-4-9-20(16-18)28-19-7-2-1-3-8-19/h1-10,13,16-17H,11-12,14-15H2,(H,24,27). The molecule has 3 aromatic rings. The number of hydrogen-bond acceptors (Lipinski definition) is 5. The number of carbonyl (C=O) groups excluding carboxylic acids is 1. The molecule has 0 saturated carbocycles. The molecule has 0 bridgehead atoms. The summed E-state index contributed by atoms with van der Waals surface area (Å²) in [4.78, 5) is 14.9. The Balaban J connectivity index is 1.33. The van der Waals surface area contributed by atoms with Gasteiger partial charge in [0.05, 0.1) is 0 Å². The predicted molar refractivity (Wildman–Crippen MR) is 109 cm³/mol. The number of hydrogen-bond donors (Lipinski definition) is 1. The first-order valence-electron chi connectivity index (χ1n) is 9.44. The average molecular weight is 374 g/mol. The summed E-state index contributed by atoms with van der Waals surface area (Å²) in [5.74, 6) is 2.37. The zero-order valence-electron chi connectivity index (χ0n) is 15.5. The van der Waals surface area contributed by atoms with E-state index in [-0.39, 0.29) is 11.8 Å². The number of ether oxygens (including phenoxy) is 1. The number of para-hydroxylation sites is 1. The number of rotatable bonds is 5. The maximum absolute atomic E-state index is 12.7. The fourth-order valence-corrected chi connectivity index (χ4v) is 3.34. The van der Waals surface area contributed by atoms with E-state index in [2.05, 4.69) is 20.4 Å². The highest BCUT2D eigenvalue weighted by atomic mass is 16.5. The molecule has 142 valence electrons. The van der Waals surface area contributed by atoms with Crippen LogP contribution in [0.1, 0.15) is 12.8 Å². The van der Waals surface area contributed by atoms with Gasteiger partial charge in [0.15, 0.2) is 5.82 Å². The number of anilines is 2. The highest BCUT2D eigenvalue weighted by Crippen LogP contribution is 2.26. The van der Waals surface area contributed by atoms with Gasteiger partial charge in [0.25, 0.3) is 0 Å². The van der Waals surface area contributed by atoms with E-state index in [9.17, 15) is 4.79 Å². The molecule has 1 aromatic heterocycles. The van der Waals surface area contributed by atoms with Crippen LogP contribution < -0.4 is 15.0 Å². The minimum Gasteiger partial charge on any atom is -0.457 e. The van der Waals surface area contributed by atoms with Crippen LogP contribution in [0.25, 0.3) is 0 Å². The van der Waals surface area contributed by atoms with Crippen molar-refractivity contribution in [3.8, 4) is 11.5 Å². The van der Waals surface area contributed by atoms with Crippen molar-refractivity contribution in [3.05, 3.63) is 72.9 Å². The number of carbonyl (C=O) groups is 1. The van der Waals surface area contributed by atoms with Gasteiger partial charge in [-0.25, -0.2) is 0 Å². The van der Waals surface area contributed by atoms with Crippen molar-refractivity contribution in [1.29, 1.82) is 0 Å². The SMILES string of the molecule is O=C(Nc1cccc(Oc2ccccc2)c1)C1CCN(c2cccnn2)CC1. The van der Waals surface area contributed by atoms with E-state index in [4.69, 9.17) is 4.74 Å². The quantitative estimate of drug-likeness (QED) is 0.727. The monoisotopic (exact) mass is 374 g/mol. The van der Waals surface area contributed by atoms with Crippen molar-refractivity contribution in [2.75, 3.05) is 23.3 Å². The van der Waals surface area contributed by atoms with Crippen molar-refractivity contribution in [2.45, 2.75) is 12.8 Å². The molecule has 1 fully saturated rings. The second-order valence-electron chi connectivity index (χ2n) is 6.78. The summed E-state index contributed by atoms with van der Waals surface area (Å²) in [6.07, 6.45) is 3.25. The van der Waals surface area contributed by atoms with E-state index in [1.54, 1.807) is 6.20 Å². The van der Waals surface area contributed by atoms with Crippen molar-refractivity contribution in [1.82, 2.24) is 10.2 Å². The normalized spacial score (nSPS) is 14.5. The summed E-state index contributed by atoms with van der Waals surface area (Å²) in [6, 6.07) is 20.9. The van der Waals surface area contributed by atoms with Crippen LogP contribution in [0.15, 0.2) is 72.9 Å². The average Bonchev–Trinajstić information content (AvgIpc) is 2.75. The lowest BCUT2D eigenvalue weighted by Crippen LogP contribution is -2.38. The fourth-order valence-electron chi connectivity index (χ4n) is 3.34. The number of aromatic nitrogens is 2. The highest BCUT2D eigenvalue weighted by Gasteiger charge is 2.25. The molecule has 28 heavy (non-hydrogen) atoms. The molecule has 6 heteroatoms. The Morgan fingerprint density at radius 2 is 1.75 bits per heavy atom. The molecule has 4 rings (SSSR count). The summed E-state index contributed by atoms with van der Waals surface area (Å²) < 4.78 is 5.84. The molecule has 1 amide bonds. The molecule has 1 aliphatic rings. The molecule has 6 nitrogen and oxygen atoms in total. The van der Waals surface area contributed by atoms with Gasteiger partial charge in [0, 0.05) is 37.0 Å². The van der Waals surface area contributed by atoms with Gasteiger partial charge in [0.2, 0.25) is 5.91 Å². The van der Waals surface area contributed by atoms with Gasteiger partial charge in [0.1, 0.15) is 11.5 Å². The summed E-state index contributed by atoms with van der Waals surface area (Å²) in [7, 11) is 0. The van der Waals surface area contributed by atoms with Crippen LogP contribution in [-0.4, -0.2) is 29.2 Å². The molecule has 1 N–H and O–H groups in total. The Labute approximate surface area is 164 Å². The molecule has 0 unspecified atom stereocenters. The Morgan fingerprint density at radius 1 is 0.964 bits per heavy atom. The number of nitrogens with zero attached hydrogens (tertiary/aromatic N) is 3. The van der Waals surface area contributed by atoms with Gasteiger partial charge in [-0.1, -0.05) is 24.3 Å². The van der Waals surface area contributed by atoms with Crippen molar-refractivity contribution < 1.29 is 9.53 Å². The van der Waals surface area contributed by atoms with Crippen molar-refractivity contribution in [3.63, 3.8) is 0 Å². The Kier molecular flexibility index (Phi) is 5.47. The maximum atomic E-state index is 12.7. The minimum atomic E-state index is -0.00776. The minimum absolute atomic E-state index is 0.00776. The number of amides is 1. The second kappa shape index (κ2) is 8.52. The lowest BCUT2D eigenvalue weighted by Gasteiger charge is -2.31. The smallest absolute Gasteiger partial charge is 0.227 e. The van der Waals surface area contributed by atoms with E-state index in [1.807, 2.05) is 66.7 Å². The third kappa shape index (κ3) is 4.46. The summed E-state index contributed by atoms with van der Waals surface area (Å²) in [5, 5.41) is 11.1. The molecule has 2 heterocycles. The highest BCUT2D eigenvalue weighted by molar-refractivity contribution is 5.92. The van der Waals surface area contributed by atoms with Crippen LogP contribution >= 0.6 is 0 Å².